The minimum Gasteiger partial charge on any atom is -0.484 e. The van der Waals surface area contributed by atoms with Crippen molar-refractivity contribution in [2.75, 3.05) is 13.2 Å². The Morgan fingerprint density at radius 3 is 2.29 bits per heavy atom. The molecule has 0 aliphatic carbocycles. The standard InChI is InChI=1S/C22H27FN2O3/c1-16(2)24-22(27)17(3)25(14-13-18-7-5-4-6-8-18)21(26)15-28-20-11-9-19(23)10-12-20/h4-12,16-17H,13-15H2,1-3H3,(H,24,27)/t17-/m1/s1. The zero-order chi connectivity index (χ0) is 20.5. The Kier molecular flexibility index (Phi) is 7.99. The second-order valence-corrected chi connectivity index (χ2v) is 6.90. The first kappa shape index (κ1) is 21.4. The average Bonchev–Trinajstić information content (AvgIpc) is 2.67. The van der Waals surface area contributed by atoms with E-state index in [9.17, 15) is 14.0 Å². The van der Waals surface area contributed by atoms with Crippen LogP contribution in [0.25, 0.3) is 0 Å². The van der Waals surface area contributed by atoms with Crippen molar-refractivity contribution in [3.05, 3.63) is 66.0 Å². The van der Waals surface area contributed by atoms with Crippen molar-refractivity contribution in [1.82, 2.24) is 10.2 Å². The lowest BCUT2D eigenvalue weighted by Crippen LogP contribution is -2.51. The first-order valence-electron chi connectivity index (χ1n) is 9.39. The van der Waals surface area contributed by atoms with Crippen LogP contribution in [0.3, 0.4) is 0 Å². The molecule has 0 spiro atoms. The number of hydrogen-bond donors (Lipinski definition) is 1. The van der Waals surface area contributed by atoms with Gasteiger partial charge in [-0.2, -0.15) is 0 Å². The summed E-state index contributed by atoms with van der Waals surface area (Å²) in [5.41, 5.74) is 1.08. The van der Waals surface area contributed by atoms with E-state index in [2.05, 4.69) is 5.32 Å². The van der Waals surface area contributed by atoms with Gasteiger partial charge in [0.25, 0.3) is 5.91 Å². The van der Waals surface area contributed by atoms with Crippen molar-refractivity contribution in [2.45, 2.75) is 39.3 Å². The summed E-state index contributed by atoms with van der Waals surface area (Å²) >= 11 is 0. The molecule has 0 aliphatic rings. The molecule has 5 nitrogen and oxygen atoms in total. The highest BCUT2D eigenvalue weighted by atomic mass is 19.1. The van der Waals surface area contributed by atoms with Crippen LogP contribution < -0.4 is 10.1 Å². The topological polar surface area (TPSA) is 58.6 Å². The first-order valence-corrected chi connectivity index (χ1v) is 9.39. The van der Waals surface area contributed by atoms with Gasteiger partial charge in [-0.05, 0) is 57.0 Å². The van der Waals surface area contributed by atoms with E-state index in [0.717, 1.165) is 5.56 Å². The van der Waals surface area contributed by atoms with Crippen LogP contribution in [0.2, 0.25) is 0 Å². The molecule has 0 aromatic heterocycles. The number of carbonyl (C=O) groups is 2. The summed E-state index contributed by atoms with van der Waals surface area (Å²) in [5, 5.41) is 2.84. The van der Waals surface area contributed by atoms with E-state index in [-0.39, 0.29) is 30.3 Å². The van der Waals surface area contributed by atoms with E-state index in [1.807, 2.05) is 44.2 Å². The summed E-state index contributed by atoms with van der Waals surface area (Å²) in [4.78, 5) is 26.7. The number of nitrogens with one attached hydrogen (secondary N) is 1. The van der Waals surface area contributed by atoms with E-state index in [4.69, 9.17) is 4.74 Å². The molecule has 2 aromatic carbocycles. The number of carbonyl (C=O) groups excluding carboxylic acids is 2. The maximum atomic E-state index is 13.0. The maximum absolute atomic E-state index is 13.0. The number of hydrogen-bond acceptors (Lipinski definition) is 3. The normalized spacial score (nSPS) is 11.8. The fourth-order valence-electron chi connectivity index (χ4n) is 2.73. The number of rotatable bonds is 9. The minimum atomic E-state index is -0.629. The SMILES string of the molecule is CC(C)NC(=O)[C@@H](C)N(CCc1ccccc1)C(=O)COc1ccc(F)cc1. The second kappa shape index (κ2) is 10.4. The summed E-state index contributed by atoms with van der Waals surface area (Å²) in [6, 6.07) is 14.6. The Labute approximate surface area is 165 Å². The van der Waals surface area contributed by atoms with Crippen LogP contribution in [0.1, 0.15) is 26.3 Å². The molecular weight excluding hydrogens is 359 g/mol. The largest absolute Gasteiger partial charge is 0.484 e. The van der Waals surface area contributed by atoms with Gasteiger partial charge in [-0.15, -0.1) is 0 Å². The Morgan fingerprint density at radius 1 is 1.04 bits per heavy atom. The van der Waals surface area contributed by atoms with Gasteiger partial charge < -0.3 is 15.0 Å². The third-order valence-corrected chi connectivity index (χ3v) is 4.26. The van der Waals surface area contributed by atoms with Crippen LogP contribution in [-0.2, 0) is 16.0 Å². The average molecular weight is 386 g/mol. The molecule has 0 saturated heterocycles. The second-order valence-electron chi connectivity index (χ2n) is 6.90. The highest BCUT2D eigenvalue weighted by molar-refractivity contribution is 5.88. The summed E-state index contributed by atoms with van der Waals surface area (Å²) in [7, 11) is 0. The van der Waals surface area contributed by atoms with Gasteiger partial charge >= 0.3 is 0 Å². The molecule has 28 heavy (non-hydrogen) atoms. The summed E-state index contributed by atoms with van der Waals surface area (Å²) in [5.74, 6) is -0.482. The molecule has 2 rings (SSSR count). The molecular formula is C22H27FN2O3. The number of nitrogens with zero attached hydrogens (tertiary/aromatic N) is 1. The molecule has 1 atom stereocenters. The molecule has 0 radical (unpaired) electrons. The summed E-state index contributed by atoms with van der Waals surface area (Å²) < 4.78 is 18.5. The van der Waals surface area contributed by atoms with E-state index < -0.39 is 6.04 Å². The number of ether oxygens (including phenoxy) is 1. The fraction of sp³-hybridized carbons (Fsp3) is 0.364. The highest BCUT2D eigenvalue weighted by Gasteiger charge is 2.26. The number of halogens is 1. The Hall–Kier alpha value is -2.89. The molecule has 1 N–H and O–H groups in total. The van der Waals surface area contributed by atoms with Crippen LogP contribution in [-0.4, -0.2) is 41.9 Å². The zero-order valence-electron chi connectivity index (χ0n) is 16.5. The van der Waals surface area contributed by atoms with Crippen LogP contribution in [0, 0.1) is 5.82 Å². The Bertz CT molecular complexity index is 763. The predicted molar refractivity (Wildman–Crippen MR) is 106 cm³/mol. The predicted octanol–water partition coefficient (Wildman–Crippen LogP) is 3.19. The number of benzene rings is 2. The van der Waals surface area contributed by atoms with E-state index in [1.54, 1.807) is 6.92 Å². The minimum absolute atomic E-state index is 0.0171. The molecule has 0 bridgehead atoms. The molecule has 0 saturated carbocycles. The highest BCUT2D eigenvalue weighted by Crippen LogP contribution is 2.12. The first-order chi connectivity index (χ1) is 13.4. The molecule has 2 aromatic rings. The van der Waals surface area contributed by atoms with Crippen molar-refractivity contribution >= 4 is 11.8 Å². The van der Waals surface area contributed by atoms with Crippen molar-refractivity contribution < 1.29 is 18.7 Å². The quantitative estimate of drug-likeness (QED) is 0.720. The lowest BCUT2D eigenvalue weighted by atomic mass is 10.1. The van der Waals surface area contributed by atoms with Crippen molar-refractivity contribution in [1.29, 1.82) is 0 Å². The molecule has 0 unspecified atom stereocenters. The Morgan fingerprint density at radius 2 is 1.68 bits per heavy atom. The monoisotopic (exact) mass is 386 g/mol. The van der Waals surface area contributed by atoms with Gasteiger partial charge in [0.05, 0.1) is 0 Å². The molecule has 0 heterocycles. The summed E-state index contributed by atoms with van der Waals surface area (Å²) in [6.45, 7) is 5.62. The fourth-order valence-corrected chi connectivity index (χ4v) is 2.73. The van der Waals surface area contributed by atoms with Crippen molar-refractivity contribution in [2.24, 2.45) is 0 Å². The van der Waals surface area contributed by atoms with Gasteiger partial charge in [0, 0.05) is 12.6 Å². The van der Waals surface area contributed by atoms with Crippen molar-refractivity contribution in [3.8, 4) is 5.75 Å². The van der Waals surface area contributed by atoms with Gasteiger partial charge in [0.2, 0.25) is 5.91 Å². The van der Waals surface area contributed by atoms with Crippen LogP contribution in [0.15, 0.2) is 54.6 Å². The molecule has 2 amide bonds. The van der Waals surface area contributed by atoms with Gasteiger partial charge in [-0.1, -0.05) is 30.3 Å². The van der Waals surface area contributed by atoms with E-state index in [1.165, 1.54) is 29.2 Å². The van der Waals surface area contributed by atoms with Gasteiger partial charge in [0.15, 0.2) is 6.61 Å². The van der Waals surface area contributed by atoms with Crippen LogP contribution in [0.5, 0.6) is 5.75 Å². The van der Waals surface area contributed by atoms with Gasteiger partial charge in [-0.3, -0.25) is 9.59 Å². The molecule has 0 fully saturated rings. The van der Waals surface area contributed by atoms with E-state index >= 15 is 0 Å². The van der Waals surface area contributed by atoms with E-state index in [0.29, 0.717) is 18.7 Å². The zero-order valence-corrected chi connectivity index (χ0v) is 16.5. The molecule has 6 heteroatoms. The lowest BCUT2D eigenvalue weighted by molar-refractivity contribution is -0.141. The third kappa shape index (κ3) is 6.68. The maximum Gasteiger partial charge on any atom is 0.261 e. The van der Waals surface area contributed by atoms with Gasteiger partial charge in [0.1, 0.15) is 17.6 Å². The summed E-state index contributed by atoms with van der Waals surface area (Å²) in [6.07, 6.45) is 0.627. The number of amides is 2. The molecule has 150 valence electrons. The van der Waals surface area contributed by atoms with Crippen LogP contribution >= 0.6 is 0 Å². The molecule has 0 aliphatic heterocycles. The Balaban J connectivity index is 2.05. The van der Waals surface area contributed by atoms with Crippen molar-refractivity contribution in [3.63, 3.8) is 0 Å². The van der Waals surface area contributed by atoms with Gasteiger partial charge in [-0.25, -0.2) is 4.39 Å². The smallest absolute Gasteiger partial charge is 0.261 e. The third-order valence-electron chi connectivity index (χ3n) is 4.26. The van der Waals surface area contributed by atoms with Crippen LogP contribution in [0.4, 0.5) is 4.39 Å². The lowest BCUT2D eigenvalue weighted by Gasteiger charge is -2.29.